The maximum absolute atomic E-state index is 14.1. The maximum Gasteiger partial charge on any atom is 0.420 e. The Morgan fingerprint density at radius 3 is 2.44 bits per heavy atom. The topological polar surface area (TPSA) is 106 Å². The number of anilines is 1. The first kappa shape index (κ1) is 23.3. The number of ether oxygens (including phenoxy) is 1. The molecule has 32 heavy (non-hydrogen) atoms. The molecule has 0 radical (unpaired) electrons. The predicted octanol–water partition coefficient (Wildman–Crippen LogP) is 4.79. The van der Waals surface area contributed by atoms with Crippen LogP contribution in [-0.2, 0) is 19.6 Å². The van der Waals surface area contributed by atoms with Gasteiger partial charge in [-0.25, -0.2) is 22.3 Å². The van der Waals surface area contributed by atoms with E-state index in [0.717, 1.165) is 7.11 Å². The maximum atomic E-state index is 14.1. The smallest absolute Gasteiger partial charge is 0.420 e. The van der Waals surface area contributed by atoms with Gasteiger partial charge < -0.3 is 14.6 Å². The van der Waals surface area contributed by atoms with Gasteiger partial charge in [-0.15, -0.1) is 0 Å². The second kappa shape index (κ2) is 9.39. The molecule has 0 aliphatic rings. The van der Waals surface area contributed by atoms with Crippen LogP contribution in [0.5, 0.6) is 0 Å². The van der Waals surface area contributed by atoms with E-state index in [9.17, 15) is 22.4 Å². The molecule has 10 heteroatoms. The van der Waals surface area contributed by atoms with Crippen molar-refractivity contribution in [2.24, 2.45) is 5.92 Å². The molecule has 0 aliphatic carbocycles. The summed E-state index contributed by atoms with van der Waals surface area (Å²) >= 11 is 0. The van der Waals surface area contributed by atoms with Gasteiger partial charge in [-0.1, -0.05) is 19.9 Å². The number of carbonyl (C=O) groups is 2. The number of rotatable bonds is 7. The minimum Gasteiger partial charge on any atom is -0.452 e. The standard InChI is InChI=1S/C22H24FN3O5S.3H2/c1-14(2)13-20(26-12-11-17-18(23)5-4-6-19(17)26)21(27)24-15-7-9-16(10-8-15)32(29,30)25-22(28)31-3;;;/h4-12,14,20H,13H2,1-3H3,(H,24,27)(H,25,28);3*1H/t20-;;;/m1.../s1. The molecule has 2 amide bonds. The molecule has 0 saturated heterocycles. The van der Waals surface area contributed by atoms with Crippen molar-refractivity contribution in [2.75, 3.05) is 12.4 Å². The first-order valence-corrected chi connectivity index (χ1v) is 11.4. The molecule has 0 aliphatic heterocycles. The van der Waals surface area contributed by atoms with E-state index in [2.05, 4.69) is 10.1 Å². The third kappa shape index (κ3) is 5.08. The summed E-state index contributed by atoms with van der Waals surface area (Å²) in [5, 5.41) is 3.22. The number of aromatic nitrogens is 1. The molecule has 0 saturated carbocycles. The SMILES string of the molecule is COC(=O)NS(=O)(=O)c1ccc(NC(=O)[C@@H](CC(C)C)n2ccc3c(F)cccc32)cc1.[HH].[HH].[HH]. The highest BCUT2D eigenvalue weighted by Crippen LogP contribution is 2.27. The quantitative estimate of drug-likeness (QED) is 0.520. The Kier molecular flexibility index (Phi) is 6.83. The number of carbonyl (C=O) groups excluding carboxylic acids is 2. The molecule has 8 nitrogen and oxygen atoms in total. The average molecular weight is 468 g/mol. The third-order valence-electron chi connectivity index (χ3n) is 4.88. The summed E-state index contributed by atoms with van der Waals surface area (Å²) in [4.78, 5) is 24.2. The van der Waals surface area contributed by atoms with Gasteiger partial charge in [0.2, 0.25) is 5.91 Å². The van der Waals surface area contributed by atoms with Crippen LogP contribution in [0.3, 0.4) is 0 Å². The molecular formula is C22H30FN3O5S. The van der Waals surface area contributed by atoms with E-state index in [4.69, 9.17) is 0 Å². The van der Waals surface area contributed by atoms with Crippen molar-refractivity contribution >= 4 is 38.6 Å². The van der Waals surface area contributed by atoms with Crippen LogP contribution < -0.4 is 10.0 Å². The van der Waals surface area contributed by atoms with Crippen molar-refractivity contribution in [3.8, 4) is 0 Å². The number of hydrogen-bond acceptors (Lipinski definition) is 5. The van der Waals surface area contributed by atoms with Gasteiger partial charge in [0.15, 0.2) is 0 Å². The van der Waals surface area contributed by atoms with Crippen LogP contribution >= 0.6 is 0 Å². The summed E-state index contributed by atoms with van der Waals surface area (Å²) in [6.45, 7) is 3.97. The molecule has 3 rings (SSSR count). The highest BCUT2D eigenvalue weighted by molar-refractivity contribution is 7.90. The van der Waals surface area contributed by atoms with E-state index in [1.165, 1.54) is 30.3 Å². The monoisotopic (exact) mass is 467 g/mol. The van der Waals surface area contributed by atoms with Crippen molar-refractivity contribution in [1.82, 2.24) is 9.29 Å². The molecule has 2 aromatic carbocycles. The highest BCUT2D eigenvalue weighted by atomic mass is 32.2. The average Bonchev–Trinajstić information content (AvgIpc) is 3.17. The predicted molar refractivity (Wildman–Crippen MR) is 125 cm³/mol. The number of nitrogens with one attached hydrogen (secondary N) is 2. The molecule has 3 aromatic rings. The Morgan fingerprint density at radius 2 is 1.81 bits per heavy atom. The second-order valence-corrected chi connectivity index (χ2v) is 9.33. The van der Waals surface area contributed by atoms with Gasteiger partial charge in [-0.3, -0.25) is 4.79 Å². The van der Waals surface area contributed by atoms with Crippen molar-refractivity contribution in [3.63, 3.8) is 0 Å². The number of fused-ring (bicyclic) bond motifs is 1. The Hall–Kier alpha value is -3.40. The van der Waals surface area contributed by atoms with E-state index in [-0.39, 0.29) is 26.8 Å². The van der Waals surface area contributed by atoms with E-state index in [1.807, 2.05) is 13.8 Å². The molecule has 2 N–H and O–H groups in total. The van der Waals surface area contributed by atoms with Gasteiger partial charge in [-0.05, 0) is 54.8 Å². The zero-order chi connectivity index (χ0) is 23.5. The summed E-state index contributed by atoms with van der Waals surface area (Å²) in [5.41, 5.74) is 0.990. The molecule has 176 valence electrons. The van der Waals surface area contributed by atoms with Gasteiger partial charge in [0.25, 0.3) is 10.0 Å². The van der Waals surface area contributed by atoms with Crippen molar-refractivity contribution in [2.45, 2.75) is 31.2 Å². The van der Waals surface area contributed by atoms with Crippen molar-refractivity contribution in [3.05, 3.63) is 60.5 Å². The highest BCUT2D eigenvalue weighted by Gasteiger charge is 2.24. The van der Waals surface area contributed by atoms with Crippen molar-refractivity contribution < 1.29 is 31.4 Å². The fourth-order valence-electron chi connectivity index (χ4n) is 3.37. The number of sulfonamides is 1. The van der Waals surface area contributed by atoms with Crippen molar-refractivity contribution in [1.29, 1.82) is 0 Å². The number of nitrogens with zero attached hydrogens (tertiary/aromatic N) is 1. The van der Waals surface area contributed by atoms with Gasteiger partial charge in [0.05, 0.1) is 17.5 Å². The Labute approximate surface area is 189 Å². The van der Waals surface area contributed by atoms with Gasteiger partial charge in [0, 0.05) is 21.6 Å². The Balaban J connectivity index is 0.00000385. The van der Waals surface area contributed by atoms with E-state index < -0.39 is 22.2 Å². The molecule has 0 bridgehead atoms. The van der Waals surface area contributed by atoms with E-state index >= 15 is 0 Å². The van der Waals surface area contributed by atoms with E-state index in [1.54, 1.807) is 33.7 Å². The first-order chi connectivity index (χ1) is 15.1. The van der Waals surface area contributed by atoms with Crippen LogP contribution in [0.4, 0.5) is 14.9 Å². The number of amides is 2. The zero-order valence-electron chi connectivity index (χ0n) is 17.8. The lowest BCUT2D eigenvalue weighted by Crippen LogP contribution is -2.30. The Bertz CT molecular complexity index is 1250. The largest absolute Gasteiger partial charge is 0.452 e. The normalized spacial score (nSPS) is 12.5. The number of hydrogen-bond donors (Lipinski definition) is 2. The first-order valence-electron chi connectivity index (χ1n) is 9.89. The molecule has 0 unspecified atom stereocenters. The van der Waals surface area contributed by atoms with Crippen LogP contribution in [0.25, 0.3) is 10.9 Å². The summed E-state index contributed by atoms with van der Waals surface area (Å²) in [7, 11) is -3.03. The van der Waals surface area contributed by atoms with Gasteiger partial charge in [-0.2, -0.15) is 0 Å². The second-order valence-electron chi connectivity index (χ2n) is 7.65. The molecule has 1 heterocycles. The van der Waals surface area contributed by atoms with Gasteiger partial charge >= 0.3 is 6.09 Å². The van der Waals surface area contributed by atoms with Crippen LogP contribution in [0.15, 0.2) is 59.6 Å². The minimum atomic E-state index is -4.09. The summed E-state index contributed by atoms with van der Waals surface area (Å²) < 4.78 is 46.2. The zero-order valence-corrected chi connectivity index (χ0v) is 18.6. The van der Waals surface area contributed by atoms with Gasteiger partial charge in [0.1, 0.15) is 11.9 Å². The third-order valence-corrected chi connectivity index (χ3v) is 6.21. The Morgan fingerprint density at radius 1 is 1.12 bits per heavy atom. The molecule has 0 spiro atoms. The summed E-state index contributed by atoms with van der Waals surface area (Å²) in [6.07, 6.45) is 1.10. The van der Waals surface area contributed by atoms with Crippen LogP contribution in [0.1, 0.15) is 30.6 Å². The fraction of sp³-hybridized carbons (Fsp3) is 0.273. The number of benzene rings is 2. The number of methoxy groups -OCH3 is 1. The summed E-state index contributed by atoms with van der Waals surface area (Å²) in [6, 6.07) is 11.1. The lowest BCUT2D eigenvalue weighted by molar-refractivity contribution is -0.119. The van der Waals surface area contributed by atoms with E-state index in [0.29, 0.717) is 23.0 Å². The summed E-state index contributed by atoms with van der Waals surface area (Å²) in [5.74, 6) is -0.486. The molecular weight excluding hydrogens is 437 g/mol. The van der Waals surface area contributed by atoms with Crippen LogP contribution in [0.2, 0.25) is 0 Å². The molecule has 1 aromatic heterocycles. The lowest BCUT2D eigenvalue weighted by atomic mass is 10.0. The minimum absolute atomic E-state index is 0. The molecule has 0 fully saturated rings. The van der Waals surface area contributed by atoms with Crippen LogP contribution in [-0.4, -0.2) is 32.1 Å². The fourth-order valence-corrected chi connectivity index (χ4v) is 4.28. The molecule has 1 atom stereocenters. The number of halogens is 1. The van der Waals surface area contributed by atoms with Crippen LogP contribution in [0, 0.1) is 11.7 Å². The lowest BCUT2D eigenvalue weighted by Gasteiger charge is -2.22.